The first-order chi connectivity index (χ1) is 16.5. The van der Waals surface area contributed by atoms with Gasteiger partial charge in [-0.1, -0.05) is 84.9 Å². The smallest absolute Gasteiger partial charge is 0.379 e. The van der Waals surface area contributed by atoms with Gasteiger partial charge in [0.05, 0.1) is 0 Å². The van der Waals surface area contributed by atoms with Gasteiger partial charge in [-0.3, -0.25) is 0 Å². The second-order valence-corrected chi connectivity index (χ2v) is 8.00. The van der Waals surface area contributed by atoms with E-state index in [1.165, 1.54) is 11.4 Å². The van der Waals surface area contributed by atoms with Crippen LogP contribution in [-0.4, -0.2) is 40.6 Å². The molecule has 35 heavy (non-hydrogen) atoms. The number of aliphatic imine (C=N–C) groups is 2. The Morgan fingerprint density at radius 2 is 0.771 bits per heavy atom. The van der Waals surface area contributed by atoms with E-state index in [1.807, 2.05) is 113 Å². The standard InChI is InChI=1S/2C15H15N2.Cu/c2*1-17(2)15-10-8-13(9-11-15)12-16-14-6-4-3-5-7-14;/h2*3-11H,1-2H3;/q2*-1;+2. The van der Waals surface area contributed by atoms with Gasteiger partial charge in [0.15, 0.2) is 0 Å². The van der Waals surface area contributed by atoms with Gasteiger partial charge in [-0.2, -0.15) is 0 Å². The van der Waals surface area contributed by atoms with Gasteiger partial charge in [-0.05, 0) is 23.8 Å². The van der Waals surface area contributed by atoms with E-state index in [-0.39, 0.29) is 17.1 Å². The molecule has 181 valence electrons. The van der Waals surface area contributed by atoms with Gasteiger partial charge in [-0.15, -0.1) is 35.4 Å². The summed E-state index contributed by atoms with van der Waals surface area (Å²) in [6.45, 7) is 0. The van der Waals surface area contributed by atoms with Crippen LogP contribution >= 0.6 is 0 Å². The van der Waals surface area contributed by atoms with E-state index >= 15 is 0 Å². The summed E-state index contributed by atoms with van der Waals surface area (Å²) in [5.74, 6) is 0. The summed E-state index contributed by atoms with van der Waals surface area (Å²) in [6, 6.07) is 36.0. The fourth-order valence-electron chi connectivity index (χ4n) is 2.93. The Morgan fingerprint density at radius 3 is 1.06 bits per heavy atom. The van der Waals surface area contributed by atoms with Gasteiger partial charge in [-0.25, -0.2) is 0 Å². The van der Waals surface area contributed by atoms with E-state index in [1.54, 1.807) is 0 Å². The van der Waals surface area contributed by atoms with Crippen LogP contribution in [0.25, 0.3) is 0 Å². The van der Waals surface area contributed by atoms with Gasteiger partial charge >= 0.3 is 17.1 Å². The molecule has 0 heterocycles. The number of hydrogen-bond donors (Lipinski definition) is 0. The summed E-state index contributed by atoms with van der Waals surface area (Å²) in [5, 5.41) is 0. The van der Waals surface area contributed by atoms with Crippen LogP contribution in [0.5, 0.6) is 0 Å². The van der Waals surface area contributed by atoms with E-state index in [2.05, 4.69) is 56.5 Å². The van der Waals surface area contributed by atoms with Crippen LogP contribution in [0.1, 0.15) is 11.1 Å². The summed E-state index contributed by atoms with van der Waals surface area (Å²) < 4.78 is 0. The molecule has 0 atom stereocenters. The molecule has 1 radical (unpaired) electrons. The third-order valence-corrected chi connectivity index (χ3v) is 4.91. The molecular weight excluding hydrogens is 480 g/mol. The van der Waals surface area contributed by atoms with Crippen molar-refractivity contribution in [2.45, 2.75) is 0 Å². The van der Waals surface area contributed by atoms with Crippen LogP contribution in [0.3, 0.4) is 0 Å². The molecule has 4 aromatic carbocycles. The van der Waals surface area contributed by atoms with E-state index < -0.39 is 0 Å². The third-order valence-electron chi connectivity index (χ3n) is 4.91. The summed E-state index contributed by atoms with van der Waals surface area (Å²) in [7, 11) is 8.10. The number of para-hydroxylation sites is 2. The Labute approximate surface area is 220 Å². The zero-order valence-corrected chi connectivity index (χ0v) is 21.4. The van der Waals surface area contributed by atoms with Crippen molar-refractivity contribution in [3.05, 3.63) is 120 Å². The first-order valence-corrected chi connectivity index (χ1v) is 11.1. The maximum absolute atomic E-state index is 4.29. The molecule has 0 N–H and O–H groups in total. The van der Waals surface area contributed by atoms with Crippen molar-refractivity contribution in [1.82, 2.24) is 0 Å². The Hall–Kier alpha value is -3.66. The van der Waals surface area contributed by atoms with Gasteiger partial charge < -0.3 is 19.8 Å². The zero-order valence-electron chi connectivity index (χ0n) is 20.5. The predicted molar refractivity (Wildman–Crippen MR) is 147 cm³/mol. The number of benzene rings is 4. The van der Waals surface area contributed by atoms with E-state index in [0.29, 0.717) is 0 Å². The first kappa shape index (κ1) is 27.6. The normalized spacial score (nSPS) is 10.4. The minimum atomic E-state index is 0. The molecule has 5 heteroatoms. The first-order valence-electron chi connectivity index (χ1n) is 11.1. The average molecular weight is 510 g/mol. The molecule has 4 rings (SSSR count). The van der Waals surface area contributed by atoms with Gasteiger partial charge in [0.2, 0.25) is 0 Å². The van der Waals surface area contributed by atoms with Crippen molar-refractivity contribution in [3.63, 3.8) is 0 Å². The molecule has 0 amide bonds. The molecule has 0 unspecified atom stereocenters. The number of anilines is 2. The summed E-state index contributed by atoms with van der Waals surface area (Å²) in [5.41, 5.74) is 6.16. The monoisotopic (exact) mass is 509 g/mol. The number of rotatable bonds is 6. The Bertz CT molecular complexity index is 1070. The molecule has 4 nitrogen and oxygen atoms in total. The van der Waals surface area contributed by atoms with E-state index in [9.17, 15) is 0 Å². The fourth-order valence-corrected chi connectivity index (χ4v) is 2.93. The maximum atomic E-state index is 4.29. The Kier molecular flexibility index (Phi) is 11.5. The molecular formula is C30H30CuN4. The molecule has 0 saturated heterocycles. The van der Waals surface area contributed by atoms with Crippen molar-refractivity contribution < 1.29 is 17.1 Å². The number of hydrogen-bond acceptors (Lipinski definition) is 4. The number of nitrogens with zero attached hydrogens (tertiary/aromatic N) is 4. The van der Waals surface area contributed by atoms with Crippen LogP contribution in [0.15, 0.2) is 119 Å². The van der Waals surface area contributed by atoms with Gasteiger partial charge in [0, 0.05) is 39.6 Å². The van der Waals surface area contributed by atoms with Crippen LogP contribution in [-0.2, 0) is 17.1 Å². The van der Waals surface area contributed by atoms with E-state index in [0.717, 1.165) is 22.5 Å². The molecule has 0 bridgehead atoms. The predicted octanol–water partition coefficient (Wildman–Crippen LogP) is 6.76. The molecule has 0 fully saturated rings. The quantitative estimate of drug-likeness (QED) is 0.163. The average Bonchev–Trinajstić information content (AvgIpc) is 2.88. The van der Waals surface area contributed by atoms with E-state index in [4.69, 9.17) is 0 Å². The van der Waals surface area contributed by atoms with Crippen LogP contribution in [0.2, 0.25) is 0 Å². The molecule has 0 spiro atoms. The zero-order chi connectivity index (χ0) is 24.2. The largest absolute Gasteiger partial charge is 2.00 e. The van der Waals surface area contributed by atoms with Crippen molar-refractivity contribution in [3.8, 4) is 0 Å². The Morgan fingerprint density at radius 1 is 0.457 bits per heavy atom. The maximum Gasteiger partial charge on any atom is 2.00 e. The van der Waals surface area contributed by atoms with Crippen molar-refractivity contribution in [1.29, 1.82) is 0 Å². The SMILES string of the molecule is CN(C)c1ccc([C-]=Nc2ccccc2)cc1.CN(C)c1ccc([C-]=Nc2ccccc2)cc1.[Cu+2]. The Balaban J connectivity index is 0.000000240. The minimum absolute atomic E-state index is 0. The summed E-state index contributed by atoms with van der Waals surface area (Å²) in [6.07, 6.45) is 6.07. The fraction of sp³-hybridized carbons (Fsp3) is 0.133. The van der Waals surface area contributed by atoms with Crippen LogP contribution in [0.4, 0.5) is 22.7 Å². The molecule has 0 aromatic heterocycles. The van der Waals surface area contributed by atoms with Gasteiger partial charge in [0.25, 0.3) is 0 Å². The molecule has 4 aromatic rings. The van der Waals surface area contributed by atoms with Gasteiger partial charge in [0.1, 0.15) is 0 Å². The van der Waals surface area contributed by atoms with Crippen molar-refractivity contribution in [2.75, 3.05) is 38.0 Å². The van der Waals surface area contributed by atoms with Crippen molar-refractivity contribution in [2.24, 2.45) is 9.98 Å². The molecule has 0 aliphatic heterocycles. The van der Waals surface area contributed by atoms with Crippen LogP contribution in [0, 0.1) is 0 Å². The molecule has 0 saturated carbocycles. The second-order valence-electron chi connectivity index (χ2n) is 8.00. The second kappa shape index (κ2) is 14.6. The summed E-state index contributed by atoms with van der Waals surface area (Å²) in [4.78, 5) is 12.7. The topological polar surface area (TPSA) is 31.2 Å². The van der Waals surface area contributed by atoms with Crippen molar-refractivity contribution >= 4 is 35.2 Å². The summed E-state index contributed by atoms with van der Waals surface area (Å²) >= 11 is 0. The molecule has 0 aliphatic rings. The third kappa shape index (κ3) is 9.62. The minimum Gasteiger partial charge on any atom is -0.379 e. The molecule has 0 aliphatic carbocycles. The van der Waals surface area contributed by atoms with Crippen LogP contribution < -0.4 is 9.80 Å².